The molecule has 0 aromatic carbocycles. The minimum Gasteiger partial charge on any atom is -0.481 e. The summed E-state index contributed by atoms with van der Waals surface area (Å²) in [6.07, 6.45) is 3.92. The van der Waals surface area contributed by atoms with Crippen LogP contribution in [0.5, 0.6) is 0 Å². The highest BCUT2D eigenvalue weighted by Crippen LogP contribution is 2.25. The van der Waals surface area contributed by atoms with Crippen LogP contribution in [0.1, 0.15) is 53.4 Å². The van der Waals surface area contributed by atoms with Gasteiger partial charge in [-0.05, 0) is 33.7 Å². The van der Waals surface area contributed by atoms with Gasteiger partial charge < -0.3 is 10.0 Å². The van der Waals surface area contributed by atoms with E-state index in [-0.39, 0.29) is 0 Å². The number of aliphatic carboxylic acids is 1. The van der Waals surface area contributed by atoms with E-state index in [4.69, 9.17) is 0 Å². The minimum absolute atomic E-state index is 0.459. The average Bonchev–Trinajstić information content (AvgIpc) is 2.18. The van der Waals surface area contributed by atoms with Crippen LogP contribution in [0.2, 0.25) is 0 Å². The fourth-order valence-electron chi connectivity index (χ4n) is 2.15. The zero-order chi connectivity index (χ0) is 12.8. The molecule has 0 bridgehead atoms. The molecule has 0 radical (unpaired) electrons. The van der Waals surface area contributed by atoms with Crippen molar-refractivity contribution in [3.8, 4) is 0 Å². The van der Waals surface area contributed by atoms with E-state index in [1.165, 1.54) is 0 Å². The molecule has 0 saturated carbocycles. The van der Waals surface area contributed by atoms with Crippen molar-refractivity contribution in [2.24, 2.45) is 5.41 Å². The number of hydrogen-bond acceptors (Lipinski definition) is 2. The van der Waals surface area contributed by atoms with Crippen molar-refractivity contribution in [2.75, 3.05) is 13.6 Å². The first-order chi connectivity index (χ1) is 7.37. The van der Waals surface area contributed by atoms with Crippen molar-refractivity contribution >= 4 is 5.97 Å². The molecule has 1 N–H and O–H groups in total. The van der Waals surface area contributed by atoms with Gasteiger partial charge in [0, 0.05) is 12.6 Å². The quantitative estimate of drug-likeness (QED) is 0.695. The molecule has 0 saturated heterocycles. The molecule has 2 atom stereocenters. The number of rotatable bonds is 8. The number of carboxylic acids is 1. The van der Waals surface area contributed by atoms with E-state index in [1.807, 2.05) is 20.9 Å². The normalized spacial score (nSPS) is 17.1. The molecule has 0 aliphatic heterocycles. The van der Waals surface area contributed by atoms with E-state index in [1.54, 1.807) is 0 Å². The summed E-state index contributed by atoms with van der Waals surface area (Å²) in [5.74, 6) is -0.676. The first-order valence-electron chi connectivity index (χ1n) is 6.31. The van der Waals surface area contributed by atoms with Gasteiger partial charge in [-0.25, -0.2) is 0 Å². The maximum Gasteiger partial charge on any atom is 0.310 e. The Morgan fingerprint density at radius 1 is 1.38 bits per heavy atom. The van der Waals surface area contributed by atoms with Crippen LogP contribution in [-0.2, 0) is 4.79 Å². The van der Waals surface area contributed by atoms with Crippen LogP contribution in [-0.4, -0.2) is 35.6 Å². The van der Waals surface area contributed by atoms with E-state index in [0.717, 1.165) is 25.7 Å². The van der Waals surface area contributed by atoms with Crippen LogP contribution in [0.25, 0.3) is 0 Å². The van der Waals surface area contributed by atoms with Crippen LogP contribution in [0, 0.1) is 5.41 Å². The summed E-state index contributed by atoms with van der Waals surface area (Å²) >= 11 is 0. The largest absolute Gasteiger partial charge is 0.481 e. The summed E-state index contributed by atoms with van der Waals surface area (Å²) < 4.78 is 0. The number of hydrogen-bond donors (Lipinski definition) is 1. The summed E-state index contributed by atoms with van der Waals surface area (Å²) in [4.78, 5) is 13.5. The van der Waals surface area contributed by atoms with Gasteiger partial charge in [0.15, 0.2) is 0 Å². The Morgan fingerprint density at radius 3 is 2.31 bits per heavy atom. The molecule has 0 spiro atoms. The Hall–Kier alpha value is -0.570. The van der Waals surface area contributed by atoms with E-state index in [2.05, 4.69) is 18.7 Å². The van der Waals surface area contributed by atoms with Gasteiger partial charge in [-0.1, -0.05) is 26.7 Å². The SMILES string of the molecule is CCCC(C)N(C)CC(C)(CCC)C(=O)O. The molecule has 2 unspecified atom stereocenters. The molecular formula is C13H27NO2. The fourth-order valence-corrected chi connectivity index (χ4v) is 2.15. The van der Waals surface area contributed by atoms with E-state index >= 15 is 0 Å². The molecule has 0 aromatic rings. The standard InChI is InChI=1S/C13H27NO2/c1-6-8-11(3)14(5)10-13(4,9-7-2)12(15)16/h11H,6-10H2,1-5H3,(H,15,16). The summed E-state index contributed by atoms with van der Waals surface area (Å²) in [7, 11) is 2.02. The van der Waals surface area contributed by atoms with Crippen LogP contribution < -0.4 is 0 Å². The van der Waals surface area contributed by atoms with Crippen molar-refractivity contribution in [1.29, 1.82) is 0 Å². The molecule has 0 aromatic heterocycles. The summed E-state index contributed by atoms with van der Waals surface area (Å²) in [6.45, 7) is 8.85. The maximum absolute atomic E-state index is 11.3. The van der Waals surface area contributed by atoms with Crippen molar-refractivity contribution in [1.82, 2.24) is 4.90 Å². The second-order valence-corrected chi connectivity index (χ2v) is 5.17. The highest BCUT2D eigenvalue weighted by atomic mass is 16.4. The highest BCUT2D eigenvalue weighted by Gasteiger charge is 2.34. The highest BCUT2D eigenvalue weighted by molar-refractivity contribution is 5.74. The first-order valence-corrected chi connectivity index (χ1v) is 6.31. The van der Waals surface area contributed by atoms with Crippen molar-refractivity contribution < 1.29 is 9.90 Å². The lowest BCUT2D eigenvalue weighted by Gasteiger charge is -2.33. The zero-order valence-electron chi connectivity index (χ0n) is 11.4. The van der Waals surface area contributed by atoms with E-state index in [9.17, 15) is 9.90 Å². The maximum atomic E-state index is 11.3. The fraction of sp³-hybridized carbons (Fsp3) is 0.923. The predicted molar refractivity (Wildman–Crippen MR) is 67.7 cm³/mol. The molecule has 16 heavy (non-hydrogen) atoms. The van der Waals surface area contributed by atoms with Gasteiger partial charge in [0.1, 0.15) is 0 Å². The molecule has 3 heteroatoms. The Kier molecular flexibility index (Phi) is 6.65. The number of carboxylic acid groups (broad SMARTS) is 1. The van der Waals surface area contributed by atoms with Crippen LogP contribution in [0.4, 0.5) is 0 Å². The molecule has 96 valence electrons. The van der Waals surface area contributed by atoms with Crippen LogP contribution in [0.15, 0.2) is 0 Å². The molecule has 0 aliphatic carbocycles. The average molecular weight is 229 g/mol. The van der Waals surface area contributed by atoms with E-state index in [0.29, 0.717) is 12.6 Å². The van der Waals surface area contributed by atoms with E-state index < -0.39 is 11.4 Å². The smallest absolute Gasteiger partial charge is 0.310 e. The zero-order valence-corrected chi connectivity index (χ0v) is 11.4. The van der Waals surface area contributed by atoms with Gasteiger partial charge in [0.05, 0.1) is 5.41 Å². The Morgan fingerprint density at radius 2 is 1.94 bits per heavy atom. The topological polar surface area (TPSA) is 40.5 Å². The first kappa shape index (κ1) is 15.4. The monoisotopic (exact) mass is 229 g/mol. The summed E-state index contributed by atoms with van der Waals surface area (Å²) in [6, 6.07) is 0.459. The molecule has 0 fully saturated rings. The summed E-state index contributed by atoms with van der Waals surface area (Å²) in [5.41, 5.74) is -0.606. The molecular weight excluding hydrogens is 202 g/mol. The van der Waals surface area contributed by atoms with Crippen molar-refractivity contribution in [3.05, 3.63) is 0 Å². The molecule has 0 heterocycles. The third-order valence-corrected chi connectivity index (χ3v) is 3.38. The number of nitrogens with zero attached hydrogens (tertiary/aromatic N) is 1. The van der Waals surface area contributed by atoms with Gasteiger partial charge in [-0.3, -0.25) is 4.79 Å². The molecule has 0 amide bonds. The lowest BCUT2D eigenvalue weighted by molar-refractivity contribution is -0.149. The van der Waals surface area contributed by atoms with Crippen LogP contribution >= 0.6 is 0 Å². The third kappa shape index (κ3) is 4.52. The summed E-state index contributed by atoms with van der Waals surface area (Å²) in [5, 5.41) is 9.30. The van der Waals surface area contributed by atoms with Gasteiger partial charge in [-0.2, -0.15) is 0 Å². The third-order valence-electron chi connectivity index (χ3n) is 3.38. The molecule has 0 aliphatic rings. The van der Waals surface area contributed by atoms with Crippen LogP contribution in [0.3, 0.4) is 0 Å². The van der Waals surface area contributed by atoms with Gasteiger partial charge in [0.2, 0.25) is 0 Å². The predicted octanol–water partition coefficient (Wildman–Crippen LogP) is 3.00. The Bertz CT molecular complexity index is 218. The van der Waals surface area contributed by atoms with Crippen molar-refractivity contribution in [3.63, 3.8) is 0 Å². The number of carbonyl (C=O) groups is 1. The molecule has 0 rings (SSSR count). The Labute approximate surface area is 99.8 Å². The Balaban J connectivity index is 4.45. The minimum atomic E-state index is -0.676. The van der Waals surface area contributed by atoms with Gasteiger partial charge in [-0.15, -0.1) is 0 Å². The lowest BCUT2D eigenvalue weighted by Crippen LogP contribution is -2.42. The second-order valence-electron chi connectivity index (χ2n) is 5.17. The van der Waals surface area contributed by atoms with Gasteiger partial charge >= 0.3 is 5.97 Å². The lowest BCUT2D eigenvalue weighted by atomic mass is 9.85. The van der Waals surface area contributed by atoms with Gasteiger partial charge in [0.25, 0.3) is 0 Å². The molecule has 3 nitrogen and oxygen atoms in total. The second kappa shape index (κ2) is 6.89. The van der Waals surface area contributed by atoms with Crippen molar-refractivity contribution in [2.45, 2.75) is 59.4 Å².